The zero-order valence-corrected chi connectivity index (χ0v) is 10.3. The molecule has 0 spiro atoms. The van der Waals surface area contributed by atoms with Crippen molar-refractivity contribution >= 4 is 13.8 Å². The summed E-state index contributed by atoms with van der Waals surface area (Å²) in [4.78, 5) is 0. The second kappa shape index (κ2) is 4.64. The molecule has 1 atom stereocenters. The molecule has 0 saturated heterocycles. The molecule has 0 unspecified atom stereocenters. The Hall–Kier alpha value is -0.380. The molecule has 0 aromatic heterocycles. The van der Waals surface area contributed by atoms with Crippen molar-refractivity contribution in [2.75, 3.05) is 13.2 Å². The van der Waals surface area contributed by atoms with Gasteiger partial charge in [-0.3, -0.25) is 4.57 Å². The maximum atomic E-state index is 12.4. The predicted molar refractivity (Wildman–Crippen MR) is 58.2 cm³/mol. The van der Waals surface area contributed by atoms with Crippen LogP contribution in [0.25, 0.3) is 0 Å². The van der Waals surface area contributed by atoms with Crippen LogP contribution in [0.4, 0.5) is 0 Å². The van der Waals surface area contributed by atoms with Crippen LogP contribution in [-0.2, 0) is 13.6 Å². The van der Waals surface area contributed by atoms with Crippen molar-refractivity contribution in [3.63, 3.8) is 0 Å². The van der Waals surface area contributed by atoms with Crippen molar-refractivity contribution in [1.82, 2.24) is 0 Å². The predicted octanol–water partition coefficient (Wildman–Crippen LogP) is 2.34. The van der Waals surface area contributed by atoms with E-state index in [2.05, 4.69) is 0 Å². The summed E-state index contributed by atoms with van der Waals surface area (Å²) in [6, 6.07) is 0. The fourth-order valence-corrected chi connectivity index (χ4v) is 3.71. The Balaban J connectivity index is 2.98. The van der Waals surface area contributed by atoms with Gasteiger partial charge in [0.05, 0.1) is 13.2 Å². The monoisotopic (exact) mass is 235 g/mol. The van der Waals surface area contributed by atoms with E-state index >= 15 is 0 Å². The lowest BCUT2D eigenvalue weighted by molar-refractivity contribution is -0.506. The highest BCUT2D eigenvalue weighted by atomic mass is 31.2. The third-order valence-electron chi connectivity index (χ3n) is 2.58. The molecular weight excluding hydrogens is 217 g/mol. The first-order valence-electron chi connectivity index (χ1n) is 5.19. The largest absolute Gasteiger partial charge is 0.623 e. The van der Waals surface area contributed by atoms with Gasteiger partial charge in [0.1, 0.15) is 0 Å². The van der Waals surface area contributed by atoms with E-state index in [0.717, 1.165) is 4.74 Å². The highest BCUT2D eigenvalue weighted by molar-refractivity contribution is 7.55. The van der Waals surface area contributed by atoms with Crippen LogP contribution >= 0.6 is 7.60 Å². The molecule has 0 aromatic carbocycles. The maximum Gasteiger partial charge on any atom is 0.401 e. The average molecular weight is 235 g/mol. The van der Waals surface area contributed by atoms with E-state index in [0.29, 0.717) is 12.8 Å². The molecule has 1 heterocycles. The minimum atomic E-state index is -3.35. The third kappa shape index (κ3) is 2.10. The normalized spacial score (nSPS) is 26.7. The molecule has 0 radical (unpaired) electrons. The highest BCUT2D eigenvalue weighted by Crippen LogP contribution is 2.62. The molecule has 0 amide bonds. The van der Waals surface area contributed by atoms with Crippen molar-refractivity contribution in [2.45, 2.75) is 38.9 Å². The lowest BCUT2D eigenvalue weighted by Crippen LogP contribution is -2.33. The zero-order valence-electron chi connectivity index (χ0n) is 9.43. The number of hydrogen-bond acceptors (Lipinski definition) is 4. The smallest absolute Gasteiger partial charge is 0.401 e. The van der Waals surface area contributed by atoms with Crippen molar-refractivity contribution in [3.8, 4) is 0 Å². The Labute approximate surface area is 90.2 Å². The molecule has 1 aliphatic rings. The number of rotatable bonds is 5. The van der Waals surface area contributed by atoms with E-state index in [1.165, 1.54) is 6.21 Å². The van der Waals surface area contributed by atoms with Crippen LogP contribution in [0.3, 0.4) is 0 Å². The summed E-state index contributed by atoms with van der Waals surface area (Å²) >= 11 is 0. The second-order valence-corrected chi connectivity index (χ2v) is 6.07. The first-order valence-corrected chi connectivity index (χ1v) is 6.73. The Morgan fingerprint density at radius 3 is 2.33 bits per heavy atom. The molecule has 88 valence electrons. The van der Waals surface area contributed by atoms with E-state index in [1.807, 2.05) is 0 Å². The van der Waals surface area contributed by atoms with Gasteiger partial charge < -0.3 is 14.3 Å². The quantitative estimate of drug-likeness (QED) is 0.417. The van der Waals surface area contributed by atoms with E-state index in [-0.39, 0.29) is 13.2 Å². The van der Waals surface area contributed by atoms with Gasteiger partial charge >= 0.3 is 7.60 Å². The van der Waals surface area contributed by atoms with Gasteiger partial charge in [-0.05, 0) is 13.8 Å². The molecule has 5 nitrogen and oxygen atoms in total. The molecule has 0 bridgehead atoms. The summed E-state index contributed by atoms with van der Waals surface area (Å²) in [5, 5.41) is 10.6. The molecule has 15 heavy (non-hydrogen) atoms. The Bertz CT molecular complexity index is 294. The van der Waals surface area contributed by atoms with Crippen LogP contribution < -0.4 is 0 Å². The SMILES string of the molecule is CCOP(=O)(OCC)[C@@]1(C)CCC=[N+]1[O-]. The van der Waals surface area contributed by atoms with Crippen molar-refractivity contribution < 1.29 is 18.4 Å². The van der Waals surface area contributed by atoms with Crippen LogP contribution in [0.15, 0.2) is 0 Å². The topological polar surface area (TPSA) is 61.6 Å². The molecule has 0 aromatic rings. The van der Waals surface area contributed by atoms with Crippen LogP contribution in [0.1, 0.15) is 33.6 Å². The molecule has 0 fully saturated rings. The van der Waals surface area contributed by atoms with Gasteiger partial charge in [0.25, 0.3) is 5.28 Å². The van der Waals surface area contributed by atoms with Gasteiger partial charge in [-0.15, -0.1) is 0 Å². The van der Waals surface area contributed by atoms with Crippen LogP contribution in [0, 0.1) is 5.21 Å². The minimum Gasteiger partial charge on any atom is -0.623 e. The second-order valence-electron chi connectivity index (χ2n) is 3.60. The molecule has 6 heteroatoms. The first-order chi connectivity index (χ1) is 7.00. The van der Waals surface area contributed by atoms with Crippen LogP contribution in [-0.4, -0.2) is 29.4 Å². The van der Waals surface area contributed by atoms with Crippen molar-refractivity contribution in [2.24, 2.45) is 0 Å². The summed E-state index contributed by atoms with van der Waals surface area (Å²) in [7, 11) is -3.35. The highest BCUT2D eigenvalue weighted by Gasteiger charge is 2.56. The summed E-state index contributed by atoms with van der Waals surface area (Å²) in [6.45, 7) is 5.67. The molecule has 1 rings (SSSR count). The van der Waals surface area contributed by atoms with E-state index < -0.39 is 12.9 Å². The van der Waals surface area contributed by atoms with Crippen molar-refractivity contribution in [3.05, 3.63) is 5.21 Å². The first kappa shape index (κ1) is 12.7. The van der Waals surface area contributed by atoms with Gasteiger partial charge in [-0.25, -0.2) is 0 Å². The minimum absolute atomic E-state index is 0.278. The maximum absolute atomic E-state index is 12.4. The molecule has 0 N–H and O–H groups in total. The molecule has 0 saturated carbocycles. The fraction of sp³-hybridized carbons (Fsp3) is 0.889. The fourth-order valence-electron chi connectivity index (χ4n) is 1.68. The van der Waals surface area contributed by atoms with Gasteiger partial charge in [0.2, 0.25) is 0 Å². The average Bonchev–Trinajstić information content (AvgIpc) is 2.49. The summed E-state index contributed by atoms with van der Waals surface area (Å²) in [6.07, 6.45) is 2.61. The van der Waals surface area contributed by atoms with E-state index in [1.54, 1.807) is 20.8 Å². The summed E-state index contributed by atoms with van der Waals surface area (Å²) < 4.78 is 23.6. The Morgan fingerprint density at radius 1 is 1.47 bits per heavy atom. The standard InChI is InChI=1S/C9H18NO4P/c1-4-13-15(12,14-5-2)9(3)7-6-8-10(9)11/h8H,4-7H2,1-3H3/t9-/m0/s1. The number of hydroxylamine groups is 1. The Kier molecular flexibility index (Phi) is 3.93. The summed E-state index contributed by atoms with van der Waals surface area (Å²) in [5.74, 6) is 0. The van der Waals surface area contributed by atoms with Crippen molar-refractivity contribution in [1.29, 1.82) is 0 Å². The van der Waals surface area contributed by atoms with E-state index in [9.17, 15) is 9.77 Å². The van der Waals surface area contributed by atoms with Crippen LogP contribution in [0.5, 0.6) is 0 Å². The third-order valence-corrected chi connectivity index (χ3v) is 5.37. The van der Waals surface area contributed by atoms with Gasteiger partial charge in [0.15, 0.2) is 6.21 Å². The Morgan fingerprint density at radius 2 is 2.00 bits per heavy atom. The van der Waals surface area contributed by atoms with E-state index in [4.69, 9.17) is 9.05 Å². The molecule has 0 aliphatic carbocycles. The van der Waals surface area contributed by atoms with Gasteiger partial charge in [-0.1, -0.05) is 0 Å². The van der Waals surface area contributed by atoms with Crippen LogP contribution in [0.2, 0.25) is 0 Å². The molecular formula is C9H18NO4P. The zero-order chi connectivity index (χ0) is 11.5. The summed E-state index contributed by atoms with van der Waals surface area (Å²) in [5.41, 5.74) is 0. The van der Waals surface area contributed by atoms with Gasteiger partial charge in [0, 0.05) is 19.8 Å². The molecule has 1 aliphatic heterocycles. The van der Waals surface area contributed by atoms with Gasteiger partial charge in [-0.2, -0.15) is 4.74 Å². The lowest BCUT2D eigenvalue weighted by atomic mass is 10.2. The number of nitrogens with zero attached hydrogens (tertiary/aromatic N) is 1. The number of hydrogen-bond donors (Lipinski definition) is 0. The lowest BCUT2D eigenvalue weighted by Gasteiger charge is -2.30.